The summed E-state index contributed by atoms with van der Waals surface area (Å²) in [6, 6.07) is 0. The molecule has 0 fully saturated rings. The maximum absolute atomic E-state index is 11.1. The van der Waals surface area contributed by atoms with Gasteiger partial charge >= 0.3 is 6.09 Å². The Morgan fingerprint density at radius 1 is 1.50 bits per heavy atom. The molecular formula is C11H17NO2. The number of terminal acetylenes is 1. The fourth-order valence-electron chi connectivity index (χ4n) is 0.691. The first-order valence-electron chi connectivity index (χ1n) is 4.51. The number of amides is 1. The molecule has 0 heterocycles. The average molecular weight is 195 g/mol. The molecule has 0 aromatic heterocycles. The van der Waals surface area contributed by atoms with E-state index >= 15 is 0 Å². The van der Waals surface area contributed by atoms with Crippen LogP contribution < -0.4 is 5.32 Å². The highest BCUT2D eigenvalue weighted by molar-refractivity contribution is 5.67. The third kappa shape index (κ3) is 8.66. The van der Waals surface area contributed by atoms with Gasteiger partial charge in [0.25, 0.3) is 0 Å². The lowest BCUT2D eigenvalue weighted by atomic mass is 10.2. The van der Waals surface area contributed by atoms with Crippen LogP contribution in [0.25, 0.3) is 0 Å². The van der Waals surface area contributed by atoms with Gasteiger partial charge in [0.05, 0.1) is 0 Å². The zero-order chi connectivity index (χ0) is 11.0. The third-order valence-corrected chi connectivity index (χ3v) is 1.17. The van der Waals surface area contributed by atoms with E-state index in [4.69, 9.17) is 11.2 Å². The van der Waals surface area contributed by atoms with E-state index in [0.29, 0.717) is 13.0 Å². The molecule has 0 spiro atoms. The molecule has 0 bridgehead atoms. The summed E-state index contributed by atoms with van der Waals surface area (Å²) >= 11 is 0. The zero-order valence-electron chi connectivity index (χ0n) is 8.96. The number of allylic oxidation sites excluding steroid dienone is 1. The molecule has 0 atom stereocenters. The van der Waals surface area contributed by atoms with Crippen molar-refractivity contribution in [3.63, 3.8) is 0 Å². The van der Waals surface area contributed by atoms with Crippen LogP contribution in [0.1, 0.15) is 27.2 Å². The van der Waals surface area contributed by atoms with Crippen molar-refractivity contribution in [1.29, 1.82) is 0 Å². The van der Waals surface area contributed by atoms with Crippen molar-refractivity contribution in [2.75, 3.05) is 6.54 Å². The lowest BCUT2D eigenvalue weighted by molar-refractivity contribution is 0.0534. The molecule has 0 aliphatic rings. The Bertz CT molecular complexity index is 243. The van der Waals surface area contributed by atoms with Crippen molar-refractivity contribution in [2.45, 2.75) is 32.8 Å². The van der Waals surface area contributed by atoms with Crippen molar-refractivity contribution in [2.24, 2.45) is 0 Å². The quantitative estimate of drug-likeness (QED) is 0.553. The highest BCUT2D eigenvalue weighted by Crippen LogP contribution is 2.05. The van der Waals surface area contributed by atoms with Gasteiger partial charge in [0.1, 0.15) is 5.60 Å². The molecule has 0 saturated carbocycles. The van der Waals surface area contributed by atoms with E-state index in [9.17, 15) is 4.79 Å². The van der Waals surface area contributed by atoms with Gasteiger partial charge in [-0.25, -0.2) is 4.79 Å². The first-order valence-corrected chi connectivity index (χ1v) is 4.51. The topological polar surface area (TPSA) is 38.3 Å². The summed E-state index contributed by atoms with van der Waals surface area (Å²) in [6.07, 6.45) is 8.82. The minimum Gasteiger partial charge on any atom is -0.444 e. The Labute approximate surface area is 85.5 Å². The molecule has 0 unspecified atom stereocenters. The molecule has 0 radical (unpaired) electrons. The molecule has 0 saturated heterocycles. The smallest absolute Gasteiger partial charge is 0.407 e. The van der Waals surface area contributed by atoms with E-state index < -0.39 is 11.7 Å². The van der Waals surface area contributed by atoms with Crippen LogP contribution in [0.15, 0.2) is 12.2 Å². The predicted molar refractivity (Wildman–Crippen MR) is 56.8 cm³/mol. The Kier molecular flexibility index (Phi) is 5.47. The Hall–Kier alpha value is -1.43. The second-order valence-corrected chi connectivity index (χ2v) is 3.76. The molecule has 0 aromatic rings. The van der Waals surface area contributed by atoms with Gasteiger partial charge in [-0.05, 0) is 20.8 Å². The largest absolute Gasteiger partial charge is 0.444 e. The molecule has 0 aliphatic heterocycles. The van der Waals surface area contributed by atoms with Crippen LogP contribution in [0.3, 0.4) is 0 Å². The summed E-state index contributed by atoms with van der Waals surface area (Å²) in [5.74, 6) is 2.46. The van der Waals surface area contributed by atoms with Gasteiger partial charge < -0.3 is 10.1 Å². The Balaban J connectivity index is 3.61. The van der Waals surface area contributed by atoms with Crippen LogP contribution in [-0.2, 0) is 4.74 Å². The van der Waals surface area contributed by atoms with Crippen LogP contribution in [0.2, 0.25) is 0 Å². The van der Waals surface area contributed by atoms with Gasteiger partial charge in [-0.2, -0.15) is 0 Å². The fraction of sp³-hybridized carbons (Fsp3) is 0.545. The Morgan fingerprint density at radius 3 is 2.64 bits per heavy atom. The molecular weight excluding hydrogens is 178 g/mol. The van der Waals surface area contributed by atoms with Crippen LogP contribution in [0, 0.1) is 12.3 Å². The first kappa shape index (κ1) is 12.6. The van der Waals surface area contributed by atoms with E-state index in [2.05, 4.69) is 11.2 Å². The summed E-state index contributed by atoms with van der Waals surface area (Å²) in [5.41, 5.74) is -0.452. The normalized spacial score (nSPS) is 11.0. The van der Waals surface area contributed by atoms with E-state index in [1.165, 1.54) is 0 Å². The fourth-order valence-corrected chi connectivity index (χ4v) is 0.691. The minimum absolute atomic E-state index is 0.414. The number of carbonyl (C=O) groups is 1. The predicted octanol–water partition coefficient (Wildman–Crippen LogP) is 2.09. The van der Waals surface area contributed by atoms with E-state index in [0.717, 1.165) is 0 Å². The van der Waals surface area contributed by atoms with Gasteiger partial charge in [0.15, 0.2) is 0 Å². The molecule has 1 amide bonds. The highest BCUT2D eigenvalue weighted by Gasteiger charge is 2.14. The van der Waals surface area contributed by atoms with Crippen molar-refractivity contribution >= 4 is 6.09 Å². The van der Waals surface area contributed by atoms with Crippen LogP contribution >= 0.6 is 0 Å². The van der Waals surface area contributed by atoms with Crippen molar-refractivity contribution < 1.29 is 9.53 Å². The third-order valence-electron chi connectivity index (χ3n) is 1.17. The highest BCUT2D eigenvalue weighted by atomic mass is 16.6. The van der Waals surface area contributed by atoms with Gasteiger partial charge in [-0.15, -0.1) is 12.3 Å². The number of hydrogen-bond acceptors (Lipinski definition) is 2. The summed E-state index contributed by atoms with van der Waals surface area (Å²) < 4.78 is 5.02. The van der Waals surface area contributed by atoms with Crippen LogP contribution in [0.5, 0.6) is 0 Å². The summed E-state index contributed by atoms with van der Waals surface area (Å²) in [5, 5.41) is 2.58. The molecule has 3 nitrogen and oxygen atoms in total. The van der Waals surface area contributed by atoms with E-state index in [-0.39, 0.29) is 0 Å². The molecule has 0 rings (SSSR count). The summed E-state index contributed by atoms with van der Waals surface area (Å²) in [4.78, 5) is 11.1. The standard InChI is InChI=1S/C11H17NO2/c1-5-6-7-8-9-12-10(13)14-11(2,3)4/h1,7-8H,6,9H2,2-4H3,(H,12,13)/b8-7+. The van der Waals surface area contributed by atoms with Gasteiger partial charge in [-0.3, -0.25) is 0 Å². The molecule has 14 heavy (non-hydrogen) atoms. The summed E-state index contributed by atoms with van der Waals surface area (Å²) in [6.45, 7) is 5.90. The first-order chi connectivity index (χ1) is 6.45. The number of rotatable bonds is 3. The maximum atomic E-state index is 11.1. The second kappa shape index (κ2) is 6.09. The maximum Gasteiger partial charge on any atom is 0.407 e. The van der Waals surface area contributed by atoms with Gasteiger partial charge in [0.2, 0.25) is 0 Å². The number of ether oxygens (including phenoxy) is 1. The van der Waals surface area contributed by atoms with Crippen molar-refractivity contribution in [3.8, 4) is 12.3 Å². The van der Waals surface area contributed by atoms with Crippen LogP contribution in [0.4, 0.5) is 4.79 Å². The average Bonchev–Trinajstić information content (AvgIpc) is 2.00. The number of carbonyl (C=O) groups excluding carboxylic acids is 1. The van der Waals surface area contributed by atoms with Crippen molar-refractivity contribution in [3.05, 3.63) is 12.2 Å². The lowest BCUT2D eigenvalue weighted by Gasteiger charge is -2.19. The molecule has 0 aromatic carbocycles. The molecule has 1 N–H and O–H groups in total. The lowest BCUT2D eigenvalue weighted by Crippen LogP contribution is -2.32. The molecule has 0 aliphatic carbocycles. The summed E-state index contributed by atoms with van der Waals surface area (Å²) in [7, 11) is 0. The zero-order valence-corrected chi connectivity index (χ0v) is 8.96. The number of alkyl carbamates (subject to hydrolysis) is 1. The SMILES string of the molecule is C#CC/C=C/CNC(=O)OC(C)(C)C. The molecule has 78 valence electrons. The Morgan fingerprint density at radius 2 is 2.14 bits per heavy atom. The van der Waals surface area contributed by atoms with Gasteiger partial charge in [-0.1, -0.05) is 12.2 Å². The monoisotopic (exact) mass is 195 g/mol. The number of hydrogen-bond donors (Lipinski definition) is 1. The van der Waals surface area contributed by atoms with E-state index in [1.807, 2.05) is 26.8 Å². The van der Waals surface area contributed by atoms with Crippen molar-refractivity contribution in [1.82, 2.24) is 5.32 Å². The minimum atomic E-state index is -0.452. The van der Waals surface area contributed by atoms with Gasteiger partial charge in [0, 0.05) is 13.0 Å². The van der Waals surface area contributed by atoms with Crippen LogP contribution in [-0.4, -0.2) is 18.2 Å². The molecule has 3 heteroatoms. The van der Waals surface area contributed by atoms with E-state index in [1.54, 1.807) is 6.08 Å². The second-order valence-electron chi connectivity index (χ2n) is 3.76. The number of nitrogens with one attached hydrogen (secondary N) is 1.